The summed E-state index contributed by atoms with van der Waals surface area (Å²) in [6.07, 6.45) is 4.64. The van der Waals surface area contributed by atoms with E-state index in [1.165, 1.54) is 24.1 Å². The van der Waals surface area contributed by atoms with Crippen LogP contribution in [0.3, 0.4) is 0 Å². The standard InChI is InChI=1S/C21H33N5O.HI/c1-3-22-21(24-12-11-23-20(27)17-9-10-17)25-16(2)18-7-6-8-19(15-18)26-13-4-5-14-26;/h6-8,15-17H,3-5,9-14H2,1-2H3,(H,23,27)(H2,22,24,25);1H. The van der Waals surface area contributed by atoms with Crippen LogP contribution in [0.2, 0.25) is 0 Å². The SMILES string of the molecule is CCNC(=NCCNC(=O)C1CC1)NC(C)c1cccc(N2CCCC2)c1.I. The van der Waals surface area contributed by atoms with Gasteiger partial charge in [-0.3, -0.25) is 9.79 Å². The molecule has 3 rings (SSSR count). The molecule has 0 aromatic heterocycles. The molecule has 0 radical (unpaired) electrons. The lowest BCUT2D eigenvalue weighted by molar-refractivity contribution is -0.122. The van der Waals surface area contributed by atoms with Crippen molar-refractivity contribution >= 4 is 41.5 Å². The molecule has 28 heavy (non-hydrogen) atoms. The van der Waals surface area contributed by atoms with E-state index in [-0.39, 0.29) is 41.8 Å². The zero-order valence-corrected chi connectivity index (χ0v) is 19.4. The van der Waals surface area contributed by atoms with Crippen molar-refractivity contribution < 1.29 is 4.79 Å². The number of aliphatic imine (C=N–C) groups is 1. The lowest BCUT2D eigenvalue weighted by atomic mass is 10.1. The van der Waals surface area contributed by atoms with Gasteiger partial charge in [0, 0.05) is 37.8 Å². The van der Waals surface area contributed by atoms with Crippen LogP contribution in [-0.4, -0.2) is 44.6 Å². The fraction of sp³-hybridized carbons (Fsp3) is 0.619. The number of amides is 1. The minimum absolute atomic E-state index is 0. The first kappa shape index (κ1) is 22.8. The minimum Gasteiger partial charge on any atom is -0.372 e. The van der Waals surface area contributed by atoms with E-state index in [2.05, 4.69) is 64.0 Å². The summed E-state index contributed by atoms with van der Waals surface area (Å²) in [7, 11) is 0. The maximum atomic E-state index is 11.7. The van der Waals surface area contributed by atoms with Crippen LogP contribution in [0.25, 0.3) is 0 Å². The molecule has 0 spiro atoms. The van der Waals surface area contributed by atoms with Gasteiger partial charge in [0.2, 0.25) is 5.91 Å². The molecule has 1 aliphatic heterocycles. The van der Waals surface area contributed by atoms with Crippen LogP contribution in [0.1, 0.15) is 51.1 Å². The summed E-state index contributed by atoms with van der Waals surface area (Å²) < 4.78 is 0. The van der Waals surface area contributed by atoms with E-state index in [4.69, 9.17) is 0 Å². The zero-order valence-electron chi connectivity index (χ0n) is 17.0. The molecule has 1 amide bonds. The number of hydrogen-bond acceptors (Lipinski definition) is 3. The molecule has 2 fully saturated rings. The van der Waals surface area contributed by atoms with Gasteiger partial charge in [0.25, 0.3) is 0 Å². The number of rotatable bonds is 8. The largest absolute Gasteiger partial charge is 0.372 e. The molecule has 1 saturated carbocycles. The second-order valence-electron chi connectivity index (χ2n) is 7.48. The normalized spacial score (nSPS) is 17.6. The van der Waals surface area contributed by atoms with E-state index in [0.29, 0.717) is 13.1 Å². The molecule has 1 aliphatic carbocycles. The highest BCUT2D eigenvalue weighted by atomic mass is 127. The number of benzene rings is 1. The van der Waals surface area contributed by atoms with Crippen LogP contribution >= 0.6 is 24.0 Å². The Bertz CT molecular complexity index is 656. The Morgan fingerprint density at radius 2 is 2.00 bits per heavy atom. The molecule has 1 unspecified atom stereocenters. The van der Waals surface area contributed by atoms with Gasteiger partial charge in [-0.1, -0.05) is 12.1 Å². The van der Waals surface area contributed by atoms with Crippen LogP contribution in [0.15, 0.2) is 29.3 Å². The molecule has 156 valence electrons. The Balaban J connectivity index is 0.00000280. The monoisotopic (exact) mass is 499 g/mol. The van der Waals surface area contributed by atoms with Crippen molar-refractivity contribution in [2.24, 2.45) is 10.9 Å². The molecular formula is C21H34IN5O. The number of halogens is 1. The van der Waals surface area contributed by atoms with Gasteiger partial charge in [-0.15, -0.1) is 24.0 Å². The lowest BCUT2D eigenvalue weighted by Gasteiger charge is -2.22. The summed E-state index contributed by atoms with van der Waals surface area (Å²) in [5, 5.41) is 9.73. The van der Waals surface area contributed by atoms with Crippen molar-refractivity contribution in [2.75, 3.05) is 37.6 Å². The van der Waals surface area contributed by atoms with Crippen LogP contribution in [0.5, 0.6) is 0 Å². The molecule has 1 aromatic rings. The Labute approximate surface area is 186 Å². The Kier molecular flexibility index (Phi) is 9.34. The van der Waals surface area contributed by atoms with Crippen LogP contribution in [0.4, 0.5) is 5.69 Å². The average molecular weight is 499 g/mol. The maximum absolute atomic E-state index is 11.7. The van der Waals surface area contributed by atoms with Gasteiger partial charge >= 0.3 is 0 Å². The second-order valence-corrected chi connectivity index (χ2v) is 7.48. The van der Waals surface area contributed by atoms with Gasteiger partial charge in [-0.25, -0.2) is 0 Å². The molecule has 2 aliphatic rings. The molecule has 3 N–H and O–H groups in total. The van der Waals surface area contributed by atoms with Crippen molar-refractivity contribution in [1.82, 2.24) is 16.0 Å². The van der Waals surface area contributed by atoms with Crippen molar-refractivity contribution in [3.8, 4) is 0 Å². The summed E-state index contributed by atoms with van der Waals surface area (Å²) in [6, 6.07) is 8.94. The minimum atomic E-state index is 0. The number of anilines is 1. The van der Waals surface area contributed by atoms with Gasteiger partial charge < -0.3 is 20.9 Å². The van der Waals surface area contributed by atoms with E-state index in [1.807, 2.05) is 0 Å². The number of carbonyl (C=O) groups excluding carboxylic acids is 1. The summed E-state index contributed by atoms with van der Waals surface area (Å²) in [4.78, 5) is 18.7. The first-order valence-electron chi connectivity index (χ1n) is 10.3. The molecule has 1 aromatic carbocycles. The predicted octanol–water partition coefficient (Wildman–Crippen LogP) is 3.05. The highest BCUT2D eigenvalue weighted by Gasteiger charge is 2.28. The van der Waals surface area contributed by atoms with Crippen molar-refractivity contribution in [3.05, 3.63) is 29.8 Å². The molecule has 0 bridgehead atoms. The van der Waals surface area contributed by atoms with Gasteiger partial charge in [0.1, 0.15) is 0 Å². The average Bonchev–Trinajstić information content (AvgIpc) is 3.39. The number of hydrogen-bond donors (Lipinski definition) is 3. The van der Waals surface area contributed by atoms with E-state index < -0.39 is 0 Å². The van der Waals surface area contributed by atoms with Crippen LogP contribution in [0, 0.1) is 5.92 Å². The lowest BCUT2D eigenvalue weighted by Crippen LogP contribution is -2.39. The first-order chi connectivity index (χ1) is 13.2. The quantitative estimate of drug-likeness (QED) is 0.223. The van der Waals surface area contributed by atoms with Crippen molar-refractivity contribution in [1.29, 1.82) is 0 Å². The third-order valence-corrected chi connectivity index (χ3v) is 5.17. The van der Waals surface area contributed by atoms with Crippen molar-refractivity contribution in [2.45, 2.75) is 45.6 Å². The zero-order chi connectivity index (χ0) is 19.1. The predicted molar refractivity (Wildman–Crippen MR) is 127 cm³/mol. The topological polar surface area (TPSA) is 68.8 Å². The summed E-state index contributed by atoms with van der Waals surface area (Å²) in [6.45, 7) is 8.50. The van der Waals surface area contributed by atoms with E-state index >= 15 is 0 Å². The number of nitrogens with one attached hydrogen (secondary N) is 3. The maximum Gasteiger partial charge on any atom is 0.223 e. The van der Waals surface area contributed by atoms with E-state index in [1.54, 1.807) is 0 Å². The van der Waals surface area contributed by atoms with Crippen molar-refractivity contribution in [3.63, 3.8) is 0 Å². The number of nitrogens with zero attached hydrogens (tertiary/aromatic N) is 2. The number of guanidine groups is 1. The highest BCUT2D eigenvalue weighted by Crippen LogP contribution is 2.28. The van der Waals surface area contributed by atoms with E-state index in [0.717, 1.165) is 38.4 Å². The second kappa shape index (κ2) is 11.5. The third-order valence-electron chi connectivity index (χ3n) is 5.17. The highest BCUT2D eigenvalue weighted by molar-refractivity contribution is 14.0. The third kappa shape index (κ3) is 6.83. The smallest absolute Gasteiger partial charge is 0.223 e. The molecule has 1 heterocycles. The molecule has 1 saturated heterocycles. The first-order valence-corrected chi connectivity index (χ1v) is 10.3. The fourth-order valence-electron chi connectivity index (χ4n) is 3.41. The summed E-state index contributed by atoms with van der Waals surface area (Å²) >= 11 is 0. The van der Waals surface area contributed by atoms with Gasteiger partial charge in [-0.2, -0.15) is 0 Å². The summed E-state index contributed by atoms with van der Waals surface area (Å²) in [5.41, 5.74) is 2.57. The number of carbonyl (C=O) groups is 1. The van der Waals surface area contributed by atoms with Gasteiger partial charge in [-0.05, 0) is 57.2 Å². The molecule has 6 nitrogen and oxygen atoms in total. The Hall–Kier alpha value is -1.51. The Morgan fingerprint density at radius 1 is 1.25 bits per heavy atom. The van der Waals surface area contributed by atoms with Crippen LogP contribution < -0.4 is 20.9 Å². The van der Waals surface area contributed by atoms with Gasteiger partial charge in [0.05, 0.1) is 12.6 Å². The van der Waals surface area contributed by atoms with Gasteiger partial charge in [0.15, 0.2) is 5.96 Å². The van der Waals surface area contributed by atoms with E-state index in [9.17, 15) is 4.79 Å². The fourth-order valence-corrected chi connectivity index (χ4v) is 3.41. The molecular weight excluding hydrogens is 465 g/mol. The molecule has 7 heteroatoms. The summed E-state index contributed by atoms with van der Waals surface area (Å²) in [5.74, 6) is 1.22. The molecule has 1 atom stereocenters. The Morgan fingerprint density at radius 3 is 2.68 bits per heavy atom. The van der Waals surface area contributed by atoms with Crippen LogP contribution in [-0.2, 0) is 4.79 Å².